The third-order valence-electron chi connectivity index (χ3n) is 5.29. The number of thioether (sulfide) groups is 1. The second-order valence-electron chi connectivity index (χ2n) is 7.44. The van der Waals surface area contributed by atoms with E-state index in [9.17, 15) is 4.79 Å². The van der Waals surface area contributed by atoms with Crippen molar-refractivity contribution in [1.82, 2.24) is 24.7 Å². The molecule has 6 nitrogen and oxygen atoms in total. The van der Waals surface area contributed by atoms with Gasteiger partial charge in [-0.05, 0) is 44.9 Å². The fourth-order valence-electron chi connectivity index (χ4n) is 3.72. The Labute approximate surface area is 172 Å². The van der Waals surface area contributed by atoms with E-state index in [0.717, 1.165) is 51.5 Å². The fourth-order valence-corrected chi connectivity index (χ4v) is 4.70. The van der Waals surface area contributed by atoms with Crippen LogP contribution in [0.2, 0.25) is 0 Å². The fraction of sp³-hybridized carbons (Fsp3) is 0.273. The first kappa shape index (κ1) is 18.1. The summed E-state index contributed by atoms with van der Waals surface area (Å²) in [4.78, 5) is 20.8. The highest BCUT2D eigenvalue weighted by molar-refractivity contribution is 8.00. The van der Waals surface area contributed by atoms with Gasteiger partial charge in [-0.15, -0.1) is 10.2 Å². The second-order valence-corrected chi connectivity index (χ2v) is 8.75. The molecule has 0 aliphatic heterocycles. The first-order valence-corrected chi connectivity index (χ1v) is 10.6. The molecule has 0 unspecified atom stereocenters. The number of carbonyl (C=O) groups is 1. The average molecular weight is 404 g/mol. The van der Waals surface area contributed by atoms with Crippen molar-refractivity contribution in [3.05, 3.63) is 60.0 Å². The van der Waals surface area contributed by atoms with Crippen LogP contribution in [-0.2, 0) is 0 Å². The molecule has 3 aromatic heterocycles. The van der Waals surface area contributed by atoms with E-state index in [1.54, 1.807) is 12.4 Å². The summed E-state index contributed by atoms with van der Waals surface area (Å²) in [5, 5.41) is 10.4. The minimum Gasteiger partial charge on any atom is -0.358 e. The lowest BCUT2D eigenvalue weighted by molar-refractivity contribution is 0.0995. The number of nitrogens with one attached hydrogen (secondary N) is 1. The van der Waals surface area contributed by atoms with Gasteiger partial charge in [0.25, 0.3) is 0 Å². The number of benzene rings is 1. The van der Waals surface area contributed by atoms with Gasteiger partial charge in [-0.1, -0.05) is 30.0 Å². The average Bonchev–Trinajstić information content (AvgIpc) is 3.40. The first-order valence-electron chi connectivity index (χ1n) is 9.77. The minimum atomic E-state index is -0.267. The molecule has 0 bridgehead atoms. The van der Waals surface area contributed by atoms with Gasteiger partial charge in [-0.3, -0.25) is 14.3 Å². The van der Waals surface area contributed by atoms with Gasteiger partial charge in [0.05, 0.1) is 5.25 Å². The second kappa shape index (κ2) is 7.15. The third-order valence-corrected chi connectivity index (χ3v) is 6.34. The minimum absolute atomic E-state index is 0.109. The van der Waals surface area contributed by atoms with Crippen molar-refractivity contribution in [3.63, 3.8) is 0 Å². The summed E-state index contributed by atoms with van der Waals surface area (Å²) in [5.74, 6) is 0.934. The smallest absolute Gasteiger partial charge is 0.192 e. The molecular weight excluding hydrogens is 382 g/mol. The molecule has 29 heavy (non-hydrogen) atoms. The number of aromatic amines is 1. The predicted molar refractivity (Wildman–Crippen MR) is 114 cm³/mol. The molecule has 0 saturated heterocycles. The molecule has 1 aliphatic carbocycles. The van der Waals surface area contributed by atoms with Crippen LogP contribution in [0.15, 0.2) is 53.9 Å². The number of carbonyl (C=O) groups excluding carboxylic acids is 1. The largest absolute Gasteiger partial charge is 0.358 e. The van der Waals surface area contributed by atoms with Gasteiger partial charge in [-0.2, -0.15) is 0 Å². The van der Waals surface area contributed by atoms with E-state index >= 15 is 0 Å². The van der Waals surface area contributed by atoms with E-state index in [4.69, 9.17) is 0 Å². The number of pyridine rings is 1. The van der Waals surface area contributed by atoms with Crippen LogP contribution in [0.3, 0.4) is 0 Å². The Balaban J connectivity index is 1.47. The van der Waals surface area contributed by atoms with Crippen LogP contribution in [-0.4, -0.2) is 35.8 Å². The number of aryl methyl sites for hydroxylation is 1. The van der Waals surface area contributed by atoms with Crippen LogP contribution >= 0.6 is 11.8 Å². The van der Waals surface area contributed by atoms with E-state index in [0.29, 0.717) is 6.04 Å². The summed E-state index contributed by atoms with van der Waals surface area (Å²) in [6, 6.07) is 12.2. The topological polar surface area (TPSA) is 76.5 Å². The normalized spacial score (nSPS) is 15.0. The van der Waals surface area contributed by atoms with Crippen molar-refractivity contribution in [1.29, 1.82) is 0 Å². The molecule has 1 N–H and O–H groups in total. The van der Waals surface area contributed by atoms with Crippen LogP contribution in [0.5, 0.6) is 0 Å². The van der Waals surface area contributed by atoms with E-state index in [-0.39, 0.29) is 11.0 Å². The zero-order valence-electron chi connectivity index (χ0n) is 16.3. The summed E-state index contributed by atoms with van der Waals surface area (Å²) in [6.45, 7) is 3.90. The lowest BCUT2D eigenvalue weighted by Crippen LogP contribution is -2.15. The number of ketones is 1. The van der Waals surface area contributed by atoms with Gasteiger partial charge >= 0.3 is 0 Å². The van der Waals surface area contributed by atoms with Gasteiger partial charge in [0, 0.05) is 46.2 Å². The number of aromatic nitrogens is 5. The third kappa shape index (κ3) is 3.25. The van der Waals surface area contributed by atoms with Crippen LogP contribution in [0.4, 0.5) is 0 Å². The summed E-state index contributed by atoms with van der Waals surface area (Å²) in [5.41, 5.74) is 3.62. The van der Waals surface area contributed by atoms with Gasteiger partial charge in [0.15, 0.2) is 16.8 Å². The molecule has 7 heteroatoms. The Morgan fingerprint density at radius 1 is 1.21 bits per heavy atom. The lowest BCUT2D eigenvalue weighted by atomic mass is 10.1. The molecule has 146 valence electrons. The maximum Gasteiger partial charge on any atom is 0.192 e. The van der Waals surface area contributed by atoms with E-state index < -0.39 is 0 Å². The maximum atomic E-state index is 13.3. The van der Waals surface area contributed by atoms with E-state index in [2.05, 4.69) is 24.7 Å². The van der Waals surface area contributed by atoms with Crippen LogP contribution < -0.4 is 0 Å². The number of hydrogen-bond donors (Lipinski definition) is 1. The maximum absolute atomic E-state index is 13.3. The van der Waals surface area contributed by atoms with Crippen molar-refractivity contribution >= 4 is 28.4 Å². The molecule has 3 heterocycles. The van der Waals surface area contributed by atoms with Gasteiger partial charge in [0.1, 0.15) is 0 Å². The molecule has 0 amide bonds. The number of Topliss-reactive ketones (excluding diaryl/α,β-unsaturated/α-hetero) is 1. The van der Waals surface area contributed by atoms with Crippen LogP contribution in [0, 0.1) is 6.92 Å². The van der Waals surface area contributed by atoms with Crippen molar-refractivity contribution in [2.75, 3.05) is 0 Å². The molecule has 5 rings (SSSR count). The number of H-pyrrole nitrogens is 1. The first-order chi connectivity index (χ1) is 14.1. The number of para-hydroxylation sites is 1. The van der Waals surface area contributed by atoms with Crippen molar-refractivity contribution < 1.29 is 4.79 Å². The standard InChI is InChI=1S/C22H21N5OS/c1-13-19(17-7-3-4-8-18(17)24-13)20(28)14(2)29-22-26-25-21(27(22)16-9-10-16)15-6-5-11-23-12-15/h3-8,11-12,14,16,24H,9-10H2,1-2H3/t14-/m0/s1. The SMILES string of the molecule is Cc1[nH]c2ccccc2c1C(=O)[C@H](C)Sc1nnc(-c2cccnc2)n1C1CC1. The quantitative estimate of drug-likeness (QED) is 0.369. The molecular formula is C22H21N5OS. The number of nitrogens with zero attached hydrogens (tertiary/aromatic N) is 4. The van der Waals surface area contributed by atoms with Crippen LogP contribution in [0.1, 0.15) is 41.9 Å². The zero-order chi connectivity index (χ0) is 20.0. The molecule has 1 aromatic carbocycles. The molecule has 1 aliphatic rings. The molecule has 1 saturated carbocycles. The van der Waals surface area contributed by atoms with Gasteiger partial charge in [0.2, 0.25) is 0 Å². The molecule has 0 radical (unpaired) electrons. The molecule has 1 fully saturated rings. The van der Waals surface area contributed by atoms with Crippen molar-refractivity contribution in [3.8, 4) is 11.4 Å². The Morgan fingerprint density at radius 3 is 2.79 bits per heavy atom. The summed E-state index contributed by atoms with van der Waals surface area (Å²) >= 11 is 1.48. The summed E-state index contributed by atoms with van der Waals surface area (Å²) < 4.78 is 2.17. The summed E-state index contributed by atoms with van der Waals surface area (Å²) in [7, 11) is 0. The Kier molecular flexibility index (Phi) is 4.47. The monoisotopic (exact) mass is 403 g/mol. The molecule has 1 atom stereocenters. The van der Waals surface area contributed by atoms with Crippen molar-refractivity contribution in [2.45, 2.75) is 43.1 Å². The highest BCUT2D eigenvalue weighted by Gasteiger charge is 2.32. The Hall–Kier alpha value is -2.93. The highest BCUT2D eigenvalue weighted by Crippen LogP contribution is 2.42. The van der Waals surface area contributed by atoms with Crippen LogP contribution in [0.25, 0.3) is 22.3 Å². The van der Waals surface area contributed by atoms with Gasteiger partial charge in [-0.25, -0.2) is 0 Å². The van der Waals surface area contributed by atoms with Crippen molar-refractivity contribution in [2.24, 2.45) is 0 Å². The number of hydrogen-bond acceptors (Lipinski definition) is 5. The van der Waals surface area contributed by atoms with E-state index in [1.807, 2.05) is 50.2 Å². The predicted octanol–water partition coefficient (Wildman–Crippen LogP) is 4.83. The van der Waals surface area contributed by atoms with E-state index in [1.165, 1.54) is 11.8 Å². The lowest BCUT2D eigenvalue weighted by Gasteiger charge is -2.12. The zero-order valence-corrected chi connectivity index (χ0v) is 17.1. The molecule has 4 aromatic rings. The van der Waals surface area contributed by atoms with Gasteiger partial charge < -0.3 is 4.98 Å². The highest BCUT2D eigenvalue weighted by atomic mass is 32.2. The summed E-state index contributed by atoms with van der Waals surface area (Å²) in [6.07, 6.45) is 5.79. The Bertz CT molecular complexity index is 1190. The Morgan fingerprint density at radius 2 is 2.03 bits per heavy atom. The number of fused-ring (bicyclic) bond motifs is 1. The number of rotatable bonds is 6. The molecule has 0 spiro atoms.